The second-order valence-corrected chi connectivity index (χ2v) is 5.89. The van der Waals surface area contributed by atoms with E-state index in [0.29, 0.717) is 11.6 Å². The van der Waals surface area contributed by atoms with Crippen LogP contribution in [0.2, 0.25) is 0 Å². The number of nitrogens with one attached hydrogen (secondary N) is 2. The van der Waals surface area contributed by atoms with E-state index in [0.717, 1.165) is 47.2 Å². The van der Waals surface area contributed by atoms with Gasteiger partial charge in [0.1, 0.15) is 5.82 Å². The fraction of sp³-hybridized carbons (Fsp3) is 0.222. The molecular formula is C18H22N6. The van der Waals surface area contributed by atoms with E-state index >= 15 is 0 Å². The average Bonchev–Trinajstić information content (AvgIpc) is 2.96. The van der Waals surface area contributed by atoms with Gasteiger partial charge in [-0.1, -0.05) is 18.2 Å². The van der Waals surface area contributed by atoms with Crippen LogP contribution in [0, 0.1) is 6.92 Å². The molecule has 0 atom stereocenters. The molecule has 24 heavy (non-hydrogen) atoms. The van der Waals surface area contributed by atoms with Crippen LogP contribution in [0.3, 0.4) is 0 Å². The van der Waals surface area contributed by atoms with Gasteiger partial charge in [0, 0.05) is 29.2 Å². The molecule has 2 heterocycles. The summed E-state index contributed by atoms with van der Waals surface area (Å²) in [5, 5.41) is 4.14. The lowest BCUT2D eigenvalue weighted by atomic mass is 10.1. The summed E-state index contributed by atoms with van der Waals surface area (Å²) in [6, 6.07) is 6.31. The Labute approximate surface area is 141 Å². The lowest BCUT2D eigenvalue weighted by Gasteiger charge is -2.08. The molecule has 6 N–H and O–H groups in total. The molecule has 0 saturated heterocycles. The first-order valence-corrected chi connectivity index (χ1v) is 7.92. The van der Waals surface area contributed by atoms with Crippen molar-refractivity contribution >= 4 is 16.7 Å². The van der Waals surface area contributed by atoms with Gasteiger partial charge in [-0.2, -0.15) is 0 Å². The Morgan fingerprint density at radius 3 is 3.00 bits per heavy atom. The van der Waals surface area contributed by atoms with E-state index in [-0.39, 0.29) is 0 Å². The predicted molar refractivity (Wildman–Crippen MR) is 98.1 cm³/mol. The molecule has 0 aliphatic heterocycles. The third-order valence-electron chi connectivity index (χ3n) is 3.93. The maximum absolute atomic E-state index is 5.98. The SMILES string of the molecule is C=C(N)NCCCc1nc(-c2c[nH]c3ccc(C)cc23)cnc1N. The van der Waals surface area contributed by atoms with Gasteiger partial charge in [0.25, 0.3) is 0 Å². The largest absolute Gasteiger partial charge is 0.386 e. The van der Waals surface area contributed by atoms with Crippen molar-refractivity contribution < 1.29 is 0 Å². The summed E-state index contributed by atoms with van der Waals surface area (Å²) in [5.41, 5.74) is 16.4. The minimum Gasteiger partial charge on any atom is -0.386 e. The Morgan fingerprint density at radius 2 is 2.21 bits per heavy atom. The molecule has 124 valence electrons. The smallest absolute Gasteiger partial charge is 0.145 e. The molecule has 0 aliphatic carbocycles. The van der Waals surface area contributed by atoms with Gasteiger partial charge >= 0.3 is 0 Å². The zero-order valence-corrected chi connectivity index (χ0v) is 13.8. The van der Waals surface area contributed by atoms with E-state index in [2.05, 4.69) is 47.0 Å². The predicted octanol–water partition coefficient (Wildman–Crippen LogP) is 2.47. The summed E-state index contributed by atoms with van der Waals surface area (Å²) in [6.45, 7) is 6.42. The zero-order chi connectivity index (χ0) is 17.1. The molecule has 0 spiro atoms. The number of nitrogen functional groups attached to an aromatic ring is 1. The maximum Gasteiger partial charge on any atom is 0.145 e. The minimum absolute atomic E-state index is 0.469. The van der Waals surface area contributed by atoms with Gasteiger partial charge in [-0.25, -0.2) is 9.97 Å². The number of nitrogens with two attached hydrogens (primary N) is 2. The summed E-state index contributed by atoms with van der Waals surface area (Å²) in [7, 11) is 0. The highest BCUT2D eigenvalue weighted by atomic mass is 15.0. The highest BCUT2D eigenvalue weighted by molar-refractivity contribution is 5.94. The molecule has 3 rings (SSSR count). The van der Waals surface area contributed by atoms with Crippen molar-refractivity contribution in [3.8, 4) is 11.3 Å². The van der Waals surface area contributed by atoms with Crippen LogP contribution in [0.4, 0.5) is 5.82 Å². The standard InChI is InChI=1S/C18H22N6/c1-11-5-6-15-13(8-11)14(9-22-15)17-10-23-18(20)16(24-17)4-3-7-21-12(2)19/h5-6,8-10,21-22H,2-4,7,19H2,1H3,(H2,20,23). The van der Waals surface area contributed by atoms with Crippen molar-refractivity contribution in [2.75, 3.05) is 12.3 Å². The van der Waals surface area contributed by atoms with Crippen molar-refractivity contribution in [2.45, 2.75) is 19.8 Å². The Morgan fingerprint density at radius 1 is 1.38 bits per heavy atom. The highest BCUT2D eigenvalue weighted by Gasteiger charge is 2.11. The monoisotopic (exact) mass is 322 g/mol. The van der Waals surface area contributed by atoms with Crippen LogP contribution in [0.15, 0.2) is 43.0 Å². The van der Waals surface area contributed by atoms with Gasteiger partial charge in [0.15, 0.2) is 0 Å². The Balaban J connectivity index is 1.87. The zero-order valence-electron chi connectivity index (χ0n) is 13.8. The highest BCUT2D eigenvalue weighted by Crippen LogP contribution is 2.28. The molecule has 0 bridgehead atoms. The van der Waals surface area contributed by atoms with Crippen LogP contribution < -0.4 is 16.8 Å². The quantitative estimate of drug-likeness (QED) is 0.522. The van der Waals surface area contributed by atoms with Crippen molar-refractivity contribution in [2.24, 2.45) is 5.73 Å². The summed E-state index contributed by atoms with van der Waals surface area (Å²) < 4.78 is 0. The van der Waals surface area contributed by atoms with Crippen molar-refractivity contribution in [3.05, 3.63) is 54.3 Å². The number of H-pyrrole nitrogens is 1. The number of fused-ring (bicyclic) bond motifs is 1. The Hall–Kier alpha value is -3.02. The third kappa shape index (κ3) is 3.32. The van der Waals surface area contributed by atoms with Crippen molar-refractivity contribution in [3.63, 3.8) is 0 Å². The lowest BCUT2D eigenvalue weighted by Crippen LogP contribution is -2.20. The van der Waals surface area contributed by atoms with E-state index in [9.17, 15) is 0 Å². The van der Waals surface area contributed by atoms with Crippen LogP contribution >= 0.6 is 0 Å². The van der Waals surface area contributed by atoms with Gasteiger partial charge in [0.2, 0.25) is 0 Å². The van der Waals surface area contributed by atoms with Crippen LogP contribution in [0.25, 0.3) is 22.2 Å². The second kappa shape index (κ2) is 6.62. The molecule has 2 aromatic heterocycles. The van der Waals surface area contributed by atoms with Gasteiger partial charge in [0.05, 0.1) is 23.4 Å². The first-order valence-electron chi connectivity index (χ1n) is 7.92. The van der Waals surface area contributed by atoms with Crippen molar-refractivity contribution in [1.29, 1.82) is 0 Å². The average molecular weight is 322 g/mol. The maximum atomic E-state index is 5.98. The molecule has 6 heteroatoms. The molecule has 1 aromatic carbocycles. The molecule has 0 unspecified atom stereocenters. The van der Waals surface area contributed by atoms with E-state index in [1.165, 1.54) is 5.56 Å². The van der Waals surface area contributed by atoms with Crippen LogP contribution in [0.1, 0.15) is 17.7 Å². The van der Waals surface area contributed by atoms with Gasteiger partial charge in [-0.05, 0) is 31.9 Å². The first kappa shape index (κ1) is 15.9. The molecule has 0 fully saturated rings. The Bertz CT molecular complexity index is 880. The number of benzene rings is 1. The summed E-state index contributed by atoms with van der Waals surface area (Å²) in [5.74, 6) is 0.943. The second-order valence-electron chi connectivity index (χ2n) is 5.89. The van der Waals surface area contributed by atoms with Gasteiger partial charge in [-0.15, -0.1) is 0 Å². The molecule has 0 saturated carbocycles. The third-order valence-corrected chi connectivity index (χ3v) is 3.93. The summed E-state index contributed by atoms with van der Waals surface area (Å²) >= 11 is 0. The van der Waals surface area contributed by atoms with Gasteiger partial charge < -0.3 is 21.8 Å². The topological polar surface area (TPSA) is 106 Å². The van der Waals surface area contributed by atoms with Gasteiger partial charge in [-0.3, -0.25) is 0 Å². The van der Waals surface area contributed by atoms with E-state index in [1.54, 1.807) is 6.20 Å². The number of rotatable bonds is 6. The number of hydrogen-bond donors (Lipinski definition) is 4. The Kier molecular flexibility index (Phi) is 4.37. The number of aromatic nitrogens is 3. The first-order chi connectivity index (χ1) is 11.5. The summed E-state index contributed by atoms with van der Waals surface area (Å²) in [6.07, 6.45) is 5.28. The molecule has 0 radical (unpaired) electrons. The van der Waals surface area contributed by atoms with Crippen LogP contribution in [0.5, 0.6) is 0 Å². The normalized spacial score (nSPS) is 10.9. The number of nitrogens with zero attached hydrogens (tertiary/aromatic N) is 2. The van der Waals surface area contributed by atoms with Crippen molar-refractivity contribution in [1.82, 2.24) is 20.3 Å². The fourth-order valence-electron chi connectivity index (χ4n) is 2.70. The molecule has 3 aromatic rings. The molecule has 6 nitrogen and oxygen atoms in total. The van der Waals surface area contributed by atoms with Crippen LogP contribution in [-0.4, -0.2) is 21.5 Å². The number of anilines is 1. The fourth-order valence-corrected chi connectivity index (χ4v) is 2.70. The van der Waals surface area contributed by atoms with E-state index in [4.69, 9.17) is 16.5 Å². The summed E-state index contributed by atoms with van der Waals surface area (Å²) in [4.78, 5) is 12.3. The molecule has 0 amide bonds. The number of aryl methyl sites for hydroxylation is 2. The molecule has 0 aliphatic rings. The molecular weight excluding hydrogens is 300 g/mol. The number of hydrogen-bond acceptors (Lipinski definition) is 5. The van der Waals surface area contributed by atoms with Crippen LogP contribution in [-0.2, 0) is 6.42 Å². The lowest BCUT2D eigenvalue weighted by molar-refractivity contribution is 0.711. The van der Waals surface area contributed by atoms with E-state index < -0.39 is 0 Å². The van der Waals surface area contributed by atoms with E-state index in [1.807, 2.05) is 6.20 Å². The minimum atomic E-state index is 0.469. The number of aromatic amines is 1.